The fourth-order valence-electron chi connectivity index (χ4n) is 5.73. The van der Waals surface area contributed by atoms with Gasteiger partial charge in [0.15, 0.2) is 21.4 Å². The zero-order chi connectivity index (χ0) is 51.4. The number of ether oxygens (including phenoxy) is 1. The number of hydrogen-bond donors (Lipinski definition) is 2. The van der Waals surface area contributed by atoms with Gasteiger partial charge in [-0.05, 0) is 123 Å². The van der Waals surface area contributed by atoms with Crippen LogP contribution >= 0.6 is 0 Å². The lowest BCUT2D eigenvalue weighted by Crippen LogP contribution is -2.28. The molecule has 0 amide bonds. The molecule has 14 nitrogen and oxygen atoms in total. The largest absolute Gasteiger partial charge is 0.463 e. The number of sulfonamides is 2. The van der Waals surface area contributed by atoms with E-state index in [1.807, 2.05) is 0 Å². The molecule has 2 heterocycles. The average Bonchev–Trinajstić information content (AvgIpc) is 4.18. The Labute approximate surface area is 412 Å². The third kappa shape index (κ3) is 34.8. The summed E-state index contributed by atoms with van der Waals surface area (Å²) in [5, 5.41) is -0.0790. The molecular formula is C51H88N6O8S3. The summed E-state index contributed by atoms with van der Waals surface area (Å²) in [5.41, 5.74) is 0.590. The van der Waals surface area contributed by atoms with Crippen LogP contribution in [0.1, 0.15) is 171 Å². The smallest absolute Gasteiger partial charge is 0.316 e. The molecule has 388 valence electrons. The maximum atomic E-state index is 11.7. The van der Waals surface area contributed by atoms with E-state index < -0.39 is 29.9 Å². The minimum atomic E-state index is -3.31. The molecule has 2 fully saturated rings. The second-order valence-corrected chi connectivity index (χ2v) is 27.4. The number of sulfone groups is 1. The molecule has 2 aromatic heterocycles. The maximum absolute atomic E-state index is 11.7. The number of benzene rings is 1. The fraction of sp³-hybridized carbons (Fsp3) is 0.706. The molecule has 1 aromatic carbocycles. The molecule has 3 aromatic rings. The summed E-state index contributed by atoms with van der Waals surface area (Å²) in [7, 11) is -8.95. The van der Waals surface area contributed by atoms with E-state index in [1.165, 1.54) is 0 Å². The molecule has 0 atom stereocenters. The van der Waals surface area contributed by atoms with Crippen molar-refractivity contribution in [3.8, 4) is 6.01 Å². The standard InChI is InChI=1S/C12H18N2O.C11H17NO2S.C10H16N2O.C10H20O2S.C8H17NO2S/c1-12(2,3)7-4-6-10(15)11-13-8-5-9-14-11;1-10(2)8-9-12-15(13,14)11-6-4-3-5-7-11;1-10(2,3)5-8-13-9-11-6-4-7-12-9;1-9(2)4-3-7-13(11,12)8-10-5-6-10;1-7(2)5-6-9-12(10,11)8-3-4-8/h5,8-9H,4,6-7H2,1-3H3;3-7,10,12H,8-9H2,1-2H3;4,6-7H,5,8H2,1-3H3;9-10H,3-8H2,1-2H3;7-9H,3-6H2,1-2H3. The molecule has 0 radical (unpaired) electrons. The number of Topliss-reactive ketones (excluding diaryl/α,β-unsaturated/α-hetero) is 1. The number of nitrogens with one attached hydrogen (secondary N) is 2. The molecule has 0 unspecified atom stereocenters. The highest BCUT2D eigenvalue weighted by molar-refractivity contribution is 7.91. The first-order valence-electron chi connectivity index (χ1n) is 24.5. The van der Waals surface area contributed by atoms with Crippen LogP contribution in [0.4, 0.5) is 0 Å². The predicted molar refractivity (Wildman–Crippen MR) is 277 cm³/mol. The third-order valence-corrected chi connectivity index (χ3v) is 15.6. The number of rotatable bonds is 23. The Morgan fingerprint density at radius 1 is 0.647 bits per heavy atom. The van der Waals surface area contributed by atoms with Gasteiger partial charge in [-0.15, -0.1) is 0 Å². The highest BCUT2D eigenvalue weighted by Crippen LogP contribution is 2.31. The van der Waals surface area contributed by atoms with E-state index in [-0.39, 0.29) is 16.4 Å². The van der Waals surface area contributed by atoms with Gasteiger partial charge in [-0.2, -0.15) is 0 Å². The summed E-state index contributed by atoms with van der Waals surface area (Å²) in [4.78, 5) is 27.7. The van der Waals surface area contributed by atoms with Crippen molar-refractivity contribution in [2.24, 2.45) is 34.5 Å². The molecule has 0 saturated heterocycles. The maximum Gasteiger partial charge on any atom is 0.316 e. The molecule has 2 saturated carbocycles. The molecule has 0 aliphatic heterocycles. The Morgan fingerprint density at radius 3 is 1.62 bits per heavy atom. The Balaban J connectivity index is 0.000000426. The molecule has 5 rings (SSSR count). The summed E-state index contributed by atoms with van der Waals surface area (Å²) in [6.45, 7) is 27.4. The minimum absolute atomic E-state index is 0.0415. The van der Waals surface area contributed by atoms with E-state index in [9.17, 15) is 30.0 Å². The Bertz CT molecular complexity index is 2120. The van der Waals surface area contributed by atoms with Crippen LogP contribution in [-0.4, -0.2) is 87.4 Å². The fourth-order valence-corrected chi connectivity index (χ4v) is 10.0. The lowest BCUT2D eigenvalue weighted by molar-refractivity contribution is 0.0965. The lowest BCUT2D eigenvalue weighted by atomic mass is 9.89. The second-order valence-electron chi connectivity index (χ2n) is 21.4. The predicted octanol–water partition coefficient (Wildman–Crippen LogP) is 10.5. The second kappa shape index (κ2) is 31.8. The van der Waals surface area contributed by atoms with Crippen molar-refractivity contribution >= 4 is 35.7 Å². The van der Waals surface area contributed by atoms with Crippen LogP contribution in [0, 0.1) is 34.5 Å². The van der Waals surface area contributed by atoms with Gasteiger partial charge < -0.3 is 4.74 Å². The first-order valence-corrected chi connectivity index (χ1v) is 29.4. The number of nitrogens with zero attached hydrogens (tertiary/aromatic N) is 4. The van der Waals surface area contributed by atoms with Gasteiger partial charge in [-0.1, -0.05) is 108 Å². The van der Waals surface area contributed by atoms with Crippen LogP contribution in [0.25, 0.3) is 0 Å². The quantitative estimate of drug-likeness (QED) is 0.0852. The van der Waals surface area contributed by atoms with Crippen molar-refractivity contribution in [2.75, 3.05) is 31.2 Å². The summed E-state index contributed by atoms with van der Waals surface area (Å²) in [6, 6.07) is 12.4. The van der Waals surface area contributed by atoms with E-state index in [0.29, 0.717) is 83.4 Å². The van der Waals surface area contributed by atoms with Crippen molar-refractivity contribution < 1.29 is 34.8 Å². The first-order chi connectivity index (χ1) is 31.6. The molecule has 0 bridgehead atoms. The normalized spacial score (nSPS) is 14.0. The number of carbonyl (C=O) groups is 1. The van der Waals surface area contributed by atoms with Crippen LogP contribution in [0.15, 0.2) is 72.1 Å². The van der Waals surface area contributed by atoms with Crippen LogP contribution in [0.3, 0.4) is 0 Å². The van der Waals surface area contributed by atoms with Crippen LogP contribution in [-0.2, 0) is 29.9 Å². The van der Waals surface area contributed by atoms with Crippen molar-refractivity contribution in [3.05, 3.63) is 73.1 Å². The van der Waals surface area contributed by atoms with E-state index >= 15 is 0 Å². The van der Waals surface area contributed by atoms with Gasteiger partial charge in [-0.25, -0.2) is 54.6 Å². The Morgan fingerprint density at radius 2 is 1.15 bits per heavy atom. The molecular weight excluding hydrogens is 921 g/mol. The molecule has 2 aliphatic rings. The van der Waals surface area contributed by atoms with Crippen LogP contribution < -0.4 is 14.2 Å². The zero-order valence-electron chi connectivity index (χ0n) is 43.5. The Kier molecular flexibility index (Phi) is 29.3. The molecule has 68 heavy (non-hydrogen) atoms. The summed E-state index contributed by atoms with van der Waals surface area (Å²) >= 11 is 0. The molecule has 0 spiro atoms. The van der Waals surface area contributed by atoms with E-state index in [2.05, 4.69) is 112 Å². The SMILES string of the molecule is CC(C)(C)CCCC(=O)c1ncccn1.CC(C)(C)CCOc1ncccn1.CC(C)CCCS(=O)(=O)CC1CC1.CC(C)CCNS(=O)(=O)C1CC1.CC(C)CCNS(=O)(=O)c1ccccc1. The topological polar surface area (TPSA) is 204 Å². The monoisotopic (exact) mass is 1010 g/mol. The first kappa shape index (κ1) is 62.6. The number of hydrogen-bond acceptors (Lipinski definition) is 12. The lowest BCUT2D eigenvalue weighted by Gasteiger charge is -2.17. The van der Waals surface area contributed by atoms with Crippen molar-refractivity contribution in [3.63, 3.8) is 0 Å². The third-order valence-electron chi connectivity index (χ3n) is 10.2. The number of ketones is 1. The van der Waals surface area contributed by atoms with Gasteiger partial charge in [0.25, 0.3) is 0 Å². The van der Waals surface area contributed by atoms with Crippen LogP contribution in [0.5, 0.6) is 6.01 Å². The molecule has 2 N–H and O–H groups in total. The van der Waals surface area contributed by atoms with Gasteiger partial charge in [0, 0.05) is 44.3 Å². The molecule has 2 aliphatic carbocycles. The zero-order valence-corrected chi connectivity index (χ0v) is 46.0. The van der Waals surface area contributed by atoms with E-state index in [1.54, 1.807) is 67.3 Å². The summed E-state index contributed by atoms with van der Waals surface area (Å²) < 4.78 is 79.4. The van der Waals surface area contributed by atoms with Gasteiger partial charge in [-0.3, -0.25) is 4.79 Å². The van der Waals surface area contributed by atoms with Crippen molar-refractivity contribution in [2.45, 2.75) is 170 Å². The van der Waals surface area contributed by atoms with Gasteiger partial charge in [0.05, 0.1) is 28.3 Å². The van der Waals surface area contributed by atoms with Gasteiger partial charge >= 0.3 is 6.01 Å². The summed E-state index contributed by atoms with van der Waals surface area (Å²) in [6.07, 6.45) is 17.7. The average molecular weight is 1010 g/mol. The molecule has 17 heteroatoms. The van der Waals surface area contributed by atoms with Crippen molar-refractivity contribution in [1.82, 2.24) is 29.4 Å². The minimum Gasteiger partial charge on any atom is -0.463 e. The highest BCUT2D eigenvalue weighted by Gasteiger charge is 2.35. The number of carbonyl (C=O) groups excluding carboxylic acids is 1. The van der Waals surface area contributed by atoms with E-state index in [0.717, 1.165) is 70.6 Å². The van der Waals surface area contributed by atoms with Gasteiger partial charge in [0.2, 0.25) is 20.0 Å². The Hall–Kier alpha value is -3.38. The van der Waals surface area contributed by atoms with Crippen molar-refractivity contribution in [1.29, 1.82) is 0 Å². The van der Waals surface area contributed by atoms with Gasteiger partial charge in [0.1, 0.15) is 0 Å². The van der Waals surface area contributed by atoms with E-state index in [4.69, 9.17) is 4.74 Å². The highest BCUT2D eigenvalue weighted by atomic mass is 32.2. The van der Waals surface area contributed by atoms with Crippen LogP contribution in [0.2, 0.25) is 0 Å². The number of aromatic nitrogens is 4. The summed E-state index contributed by atoms with van der Waals surface area (Å²) in [5.74, 6) is 3.43.